The van der Waals surface area contributed by atoms with Crippen molar-refractivity contribution in [2.24, 2.45) is 0 Å². The first-order chi connectivity index (χ1) is 9.55. The molecule has 0 amide bonds. The molecule has 1 fully saturated rings. The third-order valence-corrected chi connectivity index (χ3v) is 5.73. The fourth-order valence-electron chi connectivity index (χ4n) is 2.31. The van der Waals surface area contributed by atoms with Crippen molar-refractivity contribution in [1.82, 2.24) is 9.21 Å². The molecule has 1 aliphatic rings. The minimum atomic E-state index is -3.03. The molecule has 0 spiro atoms. The van der Waals surface area contributed by atoms with Gasteiger partial charge in [0.25, 0.3) is 0 Å². The molecule has 1 aromatic rings. The summed E-state index contributed by atoms with van der Waals surface area (Å²) in [6, 6.07) is 10.4. The maximum absolute atomic E-state index is 11.5. The fourth-order valence-corrected chi connectivity index (χ4v) is 4.12. The predicted octanol–water partition coefficient (Wildman–Crippen LogP) is 1.75. The highest BCUT2D eigenvalue weighted by Gasteiger charge is 2.20. The predicted molar refractivity (Wildman–Crippen MR) is 84.6 cm³/mol. The van der Waals surface area contributed by atoms with Gasteiger partial charge >= 0.3 is 0 Å². The minimum Gasteiger partial charge on any atom is -0.301 e. The van der Waals surface area contributed by atoms with Gasteiger partial charge < -0.3 is 4.90 Å². The lowest BCUT2D eigenvalue weighted by Crippen LogP contribution is -2.35. The smallest absolute Gasteiger partial charge is 0.211 e. The molecule has 0 N–H and O–H groups in total. The molecule has 1 heterocycles. The highest BCUT2D eigenvalue weighted by Crippen LogP contribution is 2.17. The molecule has 1 aromatic carbocycles. The van der Waals surface area contributed by atoms with Gasteiger partial charge in [0.05, 0.1) is 6.26 Å². The Balaban J connectivity index is 1.75. The number of benzene rings is 1. The van der Waals surface area contributed by atoms with Crippen molar-refractivity contribution in [3.63, 3.8) is 0 Å². The first kappa shape index (κ1) is 15.8. The van der Waals surface area contributed by atoms with Gasteiger partial charge in [-0.05, 0) is 25.1 Å². The standard InChI is InChI=1S/C14H22N2O2S2/c1-20(17,18)16-9-5-8-15(10-11-16)12-13-19-14-6-3-2-4-7-14/h2-4,6-7H,5,8-13H2,1H3. The fraction of sp³-hybridized carbons (Fsp3) is 0.571. The Morgan fingerprint density at radius 2 is 1.85 bits per heavy atom. The maximum atomic E-state index is 11.5. The Bertz CT molecular complexity index is 505. The van der Waals surface area contributed by atoms with Gasteiger partial charge in [0.2, 0.25) is 10.0 Å². The topological polar surface area (TPSA) is 40.6 Å². The summed E-state index contributed by atoms with van der Waals surface area (Å²) in [7, 11) is -3.03. The second-order valence-electron chi connectivity index (χ2n) is 5.02. The van der Waals surface area contributed by atoms with Crippen LogP contribution in [0.2, 0.25) is 0 Å². The van der Waals surface area contributed by atoms with Crippen LogP contribution in [0.1, 0.15) is 6.42 Å². The monoisotopic (exact) mass is 314 g/mol. The van der Waals surface area contributed by atoms with Gasteiger partial charge in [-0.15, -0.1) is 11.8 Å². The summed E-state index contributed by atoms with van der Waals surface area (Å²) >= 11 is 1.85. The van der Waals surface area contributed by atoms with E-state index in [-0.39, 0.29) is 0 Å². The second kappa shape index (κ2) is 7.45. The number of hydrogen-bond donors (Lipinski definition) is 0. The highest BCUT2D eigenvalue weighted by molar-refractivity contribution is 7.99. The Hall–Kier alpha value is -0.560. The van der Waals surface area contributed by atoms with Crippen LogP contribution < -0.4 is 0 Å². The summed E-state index contributed by atoms with van der Waals surface area (Å²) in [4.78, 5) is 3.65. The number of hydrogen-bond acceptors (Lipinski definition) is 4. The first-order valence-corrected chi connectivity index (χ1v) is 9.74. The van der Waals surface area contributed by atoms with E-state index in [0.717, 1.165) is 31.8 Å². The highest BCUT2D eigenvalue weighted by atomic mass is 32.2. The Morgan fingerprint density at radius 1 is 1.10 bits per heavy atom. The van der Waals surface area contributed by atoms with Crippen LogP contribution in [0.4, 0.5) is 0 Å². The van der Waals surface area contributed by atoms with Crippen molar-refractivity contribution in [2.45, 2.75) is 11.3 Å². The van der Waals surface area contributed by atoms with Crippen LogP contribution >= 0.6 is 11.8 Å². The molecule has 1 saturated heterocycles. The zero-order valence-electron chi connectivity index (χ0n) is 11.9. The lowest BCUT2D eigenvalue weighted by Gasteiger charge is -2.20. The zero-order valence-corrected chi connectivity index (χ0v) is 13.5. The maximum Gasteiger partial charge on any atom is 0.211 e. The Labute approximate surface area is 126 Å². The van der Waals surface area contributed by atoms with E-state index in [9.17, 15) is 8.42 Å². The van der Waals surface area contributed by atoms with Crippen LogP contribution in [-0.4, -0.2) is 62.4 Å². The van der Waals surface area contributed by atoms with Crippen molar-refractivity contribution in [3.05, 3.63) is 30.3 Å². The molecule has 0 saturated carbocycles. The largest absolute Gasteiger partial charge is 0.301 e. The molecule has 0 aromatic heterocycles. The van der Waals surface area contributed by atoms with Gasteiger partial charge in [0.15, 0.2) is 0 Å². The molecule has 4 nitrogen and oxygen atoms in total. The molecular weight excluding hydrogens is 292 g/mol. The summed E-state index contributed by atoms with van der Waals surface area (Å²) in [5.74, 6) is 1.04. The lowest BCUT2D eigenvalue weighted by atomic mass is 10.4. The summed E-state index contributed by atoms with van der Waals surface area (Å²) in [5, 5.41) is 0. The third-order valence-electron chi connectivity index (χ3n) is 3.44. The quantitative estimate of drug-likeness (QED) is 0.776. The van der Waals surface area contributed by atoms with Gasteiger partial charge in [-0.2, -0.15) is 0 Å². The average Bonchev–Trinajstić information content (AvgIpc) is 2.65. The summed E-state index contributed by atoms with van der Waals surface area (Å²) in [6.07, 6.45) is 2.22. The molecule has 0 atom stereocenters. The number of rotatable bonds is 5. The van der Waals surface area contributed by atoms with Gasteiger partial charge in [-0.25, -0.2) is 12.7 Å². The van der Waals surface area contributed by atoms with E-state index in [0.29, 0.717) is 13.1 Å². The van der Waals surface area contributed by atoms with E-state index in [1.165, 1.54) is 11.2 Å². The number of thioether (sulfide) groups is 1. The Morgan fingerprint density at radius 3 is 2.55 bits per heavy atom. The van der Waals surface area contributed by atoms with Gasteiger partial charge in [0.1, 0.15) is 0 Å². The molecule has 112 valence electrons. The molecule has 2 rings (SSSR count). The van der Waals surface area contributed by atoms with Crippen molar-refractivity contribution in [3.8, 4) is 0 Å². The second-order valence-corrected chi connectivity index (χ2v) is 8.17. The van der Waals surface area contributed by atoms with Gasteiger partial charge in [0, 0.05) is 36.8 Å². The van der Waals surface area contributed by atoms with E-state index >= 15 is 0 Å². The molecule has 20 heavy (non-hydrogen) atoms. The van der Waals surface area contributed by atoms with E-state index in [4.69, 9.17) is 0 Å². The van der Waals surface area contributed by atoms with Gasteiger partial charge in [-0.3, -0.25) is 0 Å². The average molecular weight is 314 g/mol. The molecule has 0 unspecified atom stereocenters. The van der Waals surface area contributed by atoms with Crippen molar-refractivity contribution in [2.75, 3.05) is 44.7 Å². The molecule has 0 aliphatic carbocycles. The lowest BCUT2D eigenvalue weighted by molar-refractivity contribution is 0.304. The normalized spacial score (nSPS) is 18.9. The molecule has 1 aliphatic heterocycles. The van der Waals surface area contributed by atoms with Crippen LogP contribution in [-0.2, 0) is 10.0 Å². The molecule has 0 radical (unpaired) electrons. The van der Waals surface area contributed by atoms with Crippen LogP contribution in [0.5, 0.6) is 0 Å². The van der Waals surface area contributed by atoms with Crippen LogP contribution in [0.3, 0.4) is 0 Å². The zero-order chi connectivity index (χ0) is 14.4. The molecule has 0 bridgehead atoms. The van der Waals surface area contributed by atoms with E-state index < -0.39 is 10.0 Å². The minimum absolute atomic E-state index is 0.620. The van der Waals surface area contributed by atoms with Gasteiger partial charge in [-0.1, -0.05) is 18.2 Å². The van der Waals surface area contributed by atoms with Crippen LogP contribution in [0.25, 0.3) is 0 Å². The van der Waals surface area contributed by atoms with Crippen molar-refractivity contribution >= 4 is 21.8 Å². The van der Waals surface area contributed by atoms with E-state index in [2.05, 4.69) is 29.2 Å². The van der Waals surface area contributed by atoms with E-state index in [1.54, 1.807) is 4.31 Å². The summed E-state index contributed by atoms with van der Waals surface area (Å²) in [6.45, 7) is 4.11. The SMILES string of the molecule is CS(=O)(=O)N1CCCN(CCSc2ccccc2)CC1. The van der Waals surface area contributed by atoms with Crippen LogP contribution in [0, 0.1) is 0 Å². The number of nitrogens with zero attached hydrogens (tertiary/aromatic N) is 2. The van der Waals surface area contributed by atoms with Crippen LogP contribution in [0.15, 0.2) is 35.2 Å². The molecule has 6 heteroatoms. The number of sulfonamides is 1. The summed E-state index contributed by atoms with van der Waals surface area (Å²) in [5.41, 5.74) is 0. The first-order valence-electron chi connectivity index (χ1n) is 6.91. The summed E-state index contributed by atoms with van der Waals surface area (Å²) < 4.78 is 24.7. The Kier molecular flexibility index (Phi) is 5.89. The van der Waals surface area contributed by atoms with E-state index in [1.807, 2.05) is 17.8 Å². The van der Waals surface area contributed by atoms with Crippen molar-refractivity contribution < 1.29 is 8.42 Å². The molecular formula is C14H22N2O2S2. The van der Waals surface area contributed by atoms with Crippen molar-refractivity contribution in [1.29, 1.82) is 0 Å². The third kappa shape index (κ3) is 5.09.